The molecule has 2 amide bonds. The Balaban J connectivity index is 1.64. The summed E-state index contributed by atoms with van der Waals surface area (Å²) in [5.41, 5.74) is 0.873. The summed E-state index contributed by atoms with van der Waals surface area (Å²) < 4.78 is 24.2. The van der Waals surface area contributed by atoms with E-state index in [0.717, 1.165) is 0 Å². The second kappa shape index (κ2) is 9.91. The Labute approximate surface area is 175 Å². The topological polar surface area (TPSA) is 59.1 Å². The zero-order valence-corrected chi connectivity index (χ0v) is 17.1. The van der Waals surface area contributed by atoms with E-state index in [1.165, 1.54) is 25.3 Å². The molecule has 7 heteroatoms. The quantitative estimate of drug-likeness (QED) is 0.708. The van der Waals surface area contributed by atoms with Gasteiger partial charge in [-0.25, -0.2) is 4.39 Å². The van der Waals surface area contributed by atoms with Crippen molar-refractivity contribution in [2.45, 2.75) is 6.42 Å². The molecule has 1 saturated heterocycles. The van der Waals surface area contributed by atoms with E-state index in [9.17, 15) is 14.0 Å². The molecule has 0 spiro atoms. The largest absolute Gasteiger partial charge is 0.493 e. The zero-order valence-electron chi connectivity index (χ0n) is 17.1. The van der Waals surface area contributed by atoms with Gasteiger partial charge in [0.1, 0.15) is 5.82 Å². The van der Waals surface area contributed by atoms with Crippen LogP contribution in [-0.4, -0.2) is 62.0 Å². The van der Waals surface area contributed by atoms with Crippen LogP contribution in [-0.2, 0) is 4.79 Å². The fraction of sp³-hybridized carbons (Fsp3) is 0.304. The summed E-state index contributed by atoms with van der Waals surface area (Å²) in [6.07, 6.45) is 3.53. The van der Waals surface area contributed by atoms with E-state index in [1.54, 1.807) is 53.3 Å². The predicted molar refractivity (Wildman–Crippen MR) is 112 cm³/mol. The van der Waals surface area contributed by atoms with Crippen molar-refractivity contribution in [1.29, 1.82) is 0 Å². The first-order valence-corrected chi connectivity index (χ1v) is 9.76. The van der Waals surface area contributed by atoms with E-state index in [0.29, 0.717) is 55.2 Å². The van der Waals surface area contributed by atoms with E-state index < -0.39 is 0 Å². The van der Waals surface area contributed by atoms with Crippen LogP contribution in [0.4, 0.5) is 4.39 Å². The number of hydrogen-bond acceptors (Lipinski definition) is 4. The van der Waals surface area contributed by atoms with Crippen LogP contribution in [0.15, 0.2) is 48.5 Å². The highest BCUT2D eigenvalue weighted by atomic mass is 19.1. The van der Waals surface area contributed by atoms with Gasteiger partial charge in [-0.3, -0.25) is 9.59 Å². The molecule has 0 atom stereocenters. The number of rotatable bonds is 5. The molecular weight excluding hydrogens is 387 g/mol. The van der Waals surface area contributed by atoms with Crippen LogP contribution in [0, 0.1) is 5.82 Å². The van der Waals surface area contributed by atoms with Crippen molar-refractivity contribution in [2.24, 2.45) is 0 Å². The summed E-state index contributed by atoms with van der Waals surface area (Å²) in [6.45, 7) is 1.93. The van der Waals surface area contributed by atoms with Crippen molar-refractivity contribution >= 4 is 17.9 Å². The lowest BCUT2D eigenvalue weighted by Gasteiger charge is -2.22. The molecule has 1 aliphatic rings. The van der Waals surface area contributed by atoms with Crippen LogP contribution < -0.4 is 9.47 Å². The van der Waals surface area contributed by atoms with Crippen LogP contribution in [0.5, 0.6) is 11.5 Å². The van der Waals surface area contributed by atoms with E-state index in [-0.39, 0.29) is 17.6 Å². The number of halogens is 1. The number of amides is 2. The molecule has 6 nitrogen and oxygen atoms in total. The van der Waals surface area contributed by atoms with Crippen LogP contribution in [0.25, 0.3) is 6.08 Å². The van der Waals surface area contributed by atoms with Gasteiger partial charge in [-0.2, -0.15) is 0 Å². The Morgan fingerprint density at radius 2 is 1.63 bits per heavy atom. The van der Waals surface area contributed by atoms with E-state index in [1.807, 2.05) is 0 Å². The number of methoxy groups -OCH3 is 2. The highest BCUT2D eigenvalue weighted by Gasteiger charge is 2.23. The number of carbonyl (C=O) groups is 2. The van der Waals surface area contributed by atoms with Crippen LogP contribution in [0.1, 0.15) is 22.3 Å². The molecule has 1 heterocycles. The molecule has 0 saturated carbocycles. The first-order chi connectivity index (χ1) is 14.5. The molecule has 158 valence electrons. The van der Waals surface area contributed by atoms with Crippen molar-refractivity contribution in [3.05, 3.63) is 65.5 Å². The molecular formula is C23H25FN2O4. The molecule has 0 unspecified atom stereocenters. The fourth-order valence-corrected chi connectivity index (χ4v) is 3.37. The van der Waals surface area contributed by atoms with Crippen LogP contribution in [0.3, 0.4) is 0 Å². The summed E-state index contributed by atoms with van der Waals surface area (Å²) in [6, 6.07) is 11.4. The maximum Gasteiger partial charge on any atom is 0.254 e. The number of ether oxygens (including phenoxy) is 2. The number of nitrogens with zero attached hydrogens (tertiary/aromatic N) is 2. The third-order valence-electron chi connectivity index (χ3n) is 5.04. The molecule has 0 N–H and O–H groups in total. The number of carbonyl (C=O) groups excluding carboxylic acids is 2. The average molecular weight is 412 g/mol. The third kappa shape index (κ3) is 4.97. The summed E-state index contributed by atoms with van der Waals surface area (Å²) in [4.78, 5) is 28.8. The first kappa shape index (κ1) is 21.4. The smallest absolute Gasteiger partial charge is 0.254 e. The highest BCUT2D eigenvalue weighted by Crippen LogP contribution is 2.28. The van der Waals surface area contributed by atoms with Gasteiger partial charge >= 0.3 is 0 Å². The van der Waals surface area contributed by atoms with E-state index in [4.69, 9.17) is 9.47 Å². The van der Waals surface area contributed by atoms with E-state index >= 15 is 0 Å². The Morgan fingerprint density at radius 3 is 2.37 bits per heavy atom. The van der Waals surface area contributed by atoms with Crippen molar-refractivity contribution in [3.63, 3.8) is 0 Å². The van der Waals surface area contributed by atoms with Crippen LogP contribution >= 0.6 is 0 Å². The molecule has 3 rings (SSSR count). The lowest BCUT2D eigenvalue weighted by molar-refractivity contribution is -0.125. The summed E-state index contributed by atoms with van der Waals surface area (Å²) in [5, 5.41) is 0. The van der Waals surface area contributed by atoms with Gasteiger partial charge in [0.05, 0.1) is 14.2 Å². The molecule has 1 aliphatic heterocycles. The van der Waals surface area contributed by atoms with E-state index in [2.05, 4.69) is 0 Å². The first-order valence-electron chi connectivity index (χ1n) is 9.76. The lowest BCUT2D eigenvalue weighted by atomic mass is 10.1. The molecule has 30 heavy (non-hydrogen) atoms. The Morgan fingerprint density at radius 1 is 0.933 bits per heavy atom. The monoisotopic (exact) mass is 412 g/mol. The molecule has 0 bridgehead atoms. The second-order valence-electron chi connectivity index (χ2n) is 6.90. The van der Waals surface area contributed by atoms with Gasteiger partial charge in [-0.05, 0) is 36.8 Å². The van der Waals surface area contributed by atoms with Crippen molar-refractivity contribution in [3.8, 4) is 11.5 Å². The van der Waals surface area contributed by atoms with Gasteiger partial charge in [-0.15, -0.1) is 0 Å². The van der Waals surface area contributed by atoms with Gasteiger partial charge in [-0.1, -0.05) is 18.2 Å². The Hall–Kier alpha value is -3.35. The standard InChI is InChI=1S/C23H25FN2O4/c1-29-20-10-8-18(16-21(20)30-2)23(28)26-13-5-12-25(14-15-26)22(27)11-9-17-6-3-4-7-19(17)24/h3-4,6-11,16H,5,12-15H2,1-2H3/b11-9+. The second-order valence-corrected chi connectivity index (χ2v) is 6.90. The minimum absolute atomic E-state index is 0.118. The minimum atomic E-state index is -0.371. The minimum Gasteiger partial charge on any atom is -0.493 e. The Bertz CT molecular complexity index is 945. The number of benzene rings is 2. The molecule has 2 aromatic carbocycles. The Kier molecular flexibility index (Phi) is 7.06. The summed E-state index contributed by atoms with van der Waals surface area (Å²) in [5.74, 6) is 0.367. The van der Waals surface area contributed by atoms with Gasteiger partial charge in [0.15, 0.2) is 11.5 Å². The molecule has 0 aromatic heterocycles. The fourth-order valence-electron chi connectivity index (χ4n) is 3.37. The number of hydrogen-bond donors (Lipinski definition) is 0. The third-order valence-corrected chi connectivity index (χ3v) is 5.04. The highest BCUT2D eigenvalue weighted by molar-refractivity contribution is 5.95. The van der Waals surface area contributed by atoms with Crippen molar-refractivity contribution in [1.82, 2.24) is 9.80 Å². The lowest BCUT2D eigenvalue weighted by Crippen LogP contribution is -2.36. The summed E-state index contributed by atoms with van der Waals surface area (Å²) >= 11 is 0. The molecule has 0 aliphatic carbocycles. The maximum absolute atomic E-state index is 13.7. The van der Waals surface area contributed by atoms with Crippen LogP contribution in [0.2, 0.25) is 0 Å². The van der Waals surface area contributed by atoms with Gasteiger partial charge in [0, 0.05) is 43.4 Å². The SMILES string of the molecule is COc1ccc(C(=O)N2CCCN(C(=O)/C=C/c3ccccc3F)CC2)cc1OC. The molecule has 2 aromatic rings. The van der Waals surface area contributed by atoms with Crippen molar-refractivity contribution < 1.29 is 23.5 Å². The predicted octanol–water partition coefficient (Wildman–Crippen LogP) is 3.23. The zero-order chi connectivity index (χ0) is 21.5. The van der Waals surface area contributed by atoms with Gasteiger partial charge in [0.2, 0.25) is 5.91 Å². The summed E-state index contributed by atoms with van der Waals surface area (Å²) in [7, 11) is 3.07. The van der Waals surface area contributed by atoms with Crippen molar-refractivity contribution in [2.75, 3.05) is 40.4 Å². The molecule has 1 fully saturated rings. The van der Waals surface area contributed by atoms with Gasteiger partial charge in [0.25, 0.3) is 5.91 Å². The maximum atomic E-state index is 13.7. The van der Waals surface area contributed by atoms with Gasteiger partial charge < -0.3 is 19.3 Å². The average Bonchev–Trinajstić information content (AvgIpc) is 3.03. The normalized spacial score (nSPS) is 14.5. The molecule has 0 radical (unpaired) electrons.